The molecule has 0 spiro atoms. The Labute approximate surface area is 229 Å². The highest BCUT2D eigenvalue weighted by Gasteiger charge is 2.37. The average Bonchev–Trinajstić information content (AvgIpc) is 3.23. The number of hydrogen-bond acceptors (Lipinski definition) is 6. The molecule has 0 radical (unpaired) electrons. The fourth-order valence-electron chi connectivity index (χ4n) is 4.86. The lowest BCUT2D eigenvalue weighted by Crippen LogP contribution is -2.40. The minimum absolute atomic E-state index is 0.206. The molecule has 38 heavy (non-hydrogen) atoms. The van der Waals surface area contributed by atoms with Gasteiger partial charge in [-0.15, -0.1) is 0 Å². The summed E-state index contributed by atoms with van der Waals surface area (Å²) in [6.07, 6.45) is 3.11. The zero-order valence-corrected chi connectivity index (χ0v) is 22.9. The number of benzene rings is 3. The SMILES string of the molecule is CCCC1=C(C(=O)OCC)[C@H](c2c(OC)ccc3ccccc23)n2c(s/c(=C/c3ccccc3Cl)c2=O)=N1. The number of hydrogen-bond donors (Lipinski definition) is 0. The molecule has 6 nitrogen and oxygen atoms in total. The van der Waals surface area contributed by atoms with Crippen molar-refractivity contribution in [3.8, 4) is 5.75 Å². The Bertz CT molecular complexity index is 1750. The Morgan fingerprint density at radius 1 is 1.11 bits per heavy atom. The van der Waals surface area contributed by atoms with Crippen molar-refractivity contribution in [1.29, 1.82) is 0 Å². The second-order valence-electron chi connectivity index (χ2n) is 8.84. The second-order valence-corrected chi connectivity index (χ2v) is 10.3. The number of thiazole rings is 1. The first-order valence-corrected chi connectivity index (χ1v) is 13.7. The number of ether oxygens (including phenoxy) is 2. The Kier molecular flexibility index (Phi) is 7.49. The lowest BCUT2D eigenvalue weighted by molar-refractivity contribution is -0.139. The van der Waals surface area contributed by atoms with Crippen molar-refractivity contribution in [2.45, 2.75) is 32.7 Å². The smallest absolute Gasteiger partial charge is 0.338 e. The average molecular weight is 547 g/mol. The lowest BCUT2D eigenvalue weighted by Gasteiger charge is -2.28. The molecule has 2 heterocycles. The number of halogens is 1. The molecule has 0 bridgehead atoms. The van der Waals surface area contributed by atoms with Gasteiger partial charge in [-0.2, -0.15) is 0 Å². The van der Waals surface area contributed by atoms with E-state index in [1.165, 1.54) is 11.3 Å². The van der Waals surface area contributed by atoms with E-state index in [1.54, 1.807) is 30.7 Å². The first-order valence-electron chi connectivity index (χ1n) is 12.5. The summed E-state index contributed by atoms with van der Waals surface area (Å²) in [7, 11) is 1.59. The first-order chi connectivity index (χ1) is 18.5. The molecule has 8 heteroatoms. The van der Waals surface area contributed by atoms with Gasteiger partial charge in [-0.3, -0.25) is 9.36 Å². The minimum atomic E-state index is -0.777. The van der Waals surface area contributed by atoms with Crippen molar-refractivity contribution in [2.75, 3.05) is 13.7 Å². The summed E-state index contributed by atoms with van der Waals surface area (Å²) in [6.45, 7) is 4.01. The molecule has 5 rings (SSSR count). The summed E-state index contributed by atoms with van der Waals surface area (Å²) in [4.78, 5) is 33.0. The highest BCUT2D eigenvalue weighted by molar-refractivity contribution is 7.07. The van der Waals surface area contributed by atoms with Gasteiger partial charge in [0.05, 0.1) is 29.5 Å². The Morgan fingerprint density at radius 3 is 2.61 bits per heavy atom. The number of carbonyl (C=O) groups is 1. The molecule has 1 atom stereocenters. The summed E-state index contributed by atoms with van der Waals surface area (Å²) in [6, 6.07) is 18.3. The summed E-state index contributed by atoms with van der Waals surface area (Å²) < 4.78 is 13.4. The van der Waals surface area contributed by atoms with Gasteiger partial charge in [0.2, 0.25) is 0 Å². The van der Waals surface area contributed by atoms with E-state index in [1.807, 2.05) is 61.5 Å². The van der Waals surface area contributed by atoms with Crippen LogP contribution in [0.4, 0.5) is 0 Å². The monoisotopic (exact) mass is 546 g/mol. The van der Waals surface area contributed by atoms with E-state index in [4.69, 9.17) is 26.1 Å². The van der Waals surface area contributed by atoms with E-state index >= 15 is 0 Å². The fraction of sp³-hybridized carbons (Fsp3) is 0.233. The molecular formula is C30H27ClN2O4S. The van der Waals surface area contributed by atoms with Crippen molar-refractivity contribution in [1.82, 2.24) is 4.57 Å². The van der Waals surface area contributed by atoms with Gasteiger partial charge < -0.3 is 9.47 Å². The largest absolute Gasteiger partial charge is 0.496 e. The van der Waals surface area contributed by atoms with Crippen LogP contribution in [0.1, 0.15) is 43.9 Å². The third-order valence-corrected chi connectivity index (χ3v) is 7.84. The third kappa shape index (κ3) is 4.57. The van der Waals surface area contributed by atoms with Crippen LogP contribution < -0.4 is 19.6 Å². The molecule has 1 aromatic heterocycles. The molecule has 0 unspecified atom stereocenters. The van der Waals surface area contributed by atoms with Crippen molar-refractivity contribution in [2.24, 2.45) is 4.99 Å². The molecule has 0 N–H and O–H groups in total. The van der Waals surface area contributed by atoms with E-state index in [0.29, 0.717) is 37.8 Å². The van der Waals surface area contributed by atoms with Crippen molar-refractivity contribution in [3.63, 3.8) is 0 Å². The van der Waals surface area contributed by atoms with E-state index in [0.717, 1.165) is 28.3 Å². The van der Waals surface area contributed by atoms with Crippen LogP contribution in [0.5, 0.6) is 5.75 Å². The summed E-state index contributed by atoms with van der Waals surface area (Å²) in [5.74, 6) is 0.0917. The van der Waals surface area contributed by atoms with Crippen molar-refractivity contribution < 1.29 is 14.3 Å². The third-order valence-electron chi connectivity index (χ3n) is 6.51. The van der Waals surface area contributed by atoms with Crippen molar-refractivity contribution >= 4 is 45.8 Å². The molecule has 0 aliphatic carbocycles. The van der Waals surface area contributed by atoms with E-state index in [-0.39, 0.29) is 12.2 Å². The highest BCUT2D eigenvalue weighted by atomic mass is 35.5. The molecule has 194 valence electrons. The maximum absolute atomic E-state index is 14.1. The number of rotatable bonds is 7. The quantitative estimate of drug-likeness (QED) is 0.291. The topological polar surface area (TPSA) is 69.9 Å². The van der Waals surface area contributed by atoms with Crippen LogP contribution in [0, 0.1) is 0 Å². The number of allylic oxidation sites excluding steroid dienone is 1. The number of esters is 1. The van der Waals surface area contributed by atoms with Crippen LogP contribution in [0.15, 0.2) is 81.7 Å². The van der Waals surface area contributed by atoms with Crippen LogP contribution in [0.25, 0.3) is 16.8 Å². The number of nitrogens with zero attached hydrogens (tertiary/aromatic N) is 2. The van der Waals surface area contributed by atoms with Gasteiger partial charge in [-0.1, -0.05) is 84.8 Å². The first kappa shape index (κ1) is 25.9. The lowest BCUT2D eigenvalue weighted by atomic mass is 9.90. The molecule has 0 saturated heterocycles. The van der Waals surface area contributed by atoms with Crippen LogP contribution in [0.2, 0.25) is 5.02 Å². The van der Waals surface area contributed by atoms with Gasteiger partial charge in [0.25, 0.3) is 5.56 Å². The number of carbonyl (C=O) groups excluding carboxylic acids is 1. The predicted octanol–water partition coefficient (Wildman–Crippen LogP) is 5.39. The highest BCUT2D eigenvalue weighted by Crippen LogP contribution is 2.41. The molecule has 0 saturated carbocycles. The maximum atomic E-state index is 14.1. The van der Waals surface area contributed by atoms with Crippen LogP contribution in [0.3, 0.4) is 0 Å². The van der Waals surface area contributed by atoms with E-state index in [2.05, 4.69) is 0 Å². The van der Waals surface area contributed by atoms with Gasteiger partial charge in [0.15, 0.2) is 4.80 Å². The molecule has 1 aliphatic heterocycles. The van der Waals surface area contributed by atoms with E-state index in [9.17, 15) is 9.59 Å². The van der Waals surface area contributed by atoms with Gasteiger partial charge >= 0.3 is 5.97 Å². The van der Waals surface area contributed by atoms with Crippen LogP contribution >= 0.6 is 22.9 Å². The number of fused-ring (bicyclic) bond motifs is 2. The fourth-order valence-corrected chi connectivity index (χ4v) is 6.06. The standard InChI is InChI=1S/C30H27ClN2O4S/c1-4-10-22-26(29(35)37-5-2)27(25-20-13-8-6-11-18(20)15-16-23(25)36-3)33-28(34)24(38-30(33)32-22)17-19-12-7-9-14-21(19)31/h6-9,11-17,27H,4-5,10H2,1-3H3/b24-17+/t27-/m0/s1. The molecule has 0 amide bonds. The normalized spacial score (nSPS) is 15.4. The van der Waals surface area contributed by atoms with Gasteiger partial charge in [0.1, 0.15) is 11.8 Å². The number of methoxy groups -OCH3 is 1. The maximum Gasteiger partial charge on any atom is 0.338 e. The number of aromatic nitrogens is 1. The Balaban J connectivity index is 1.89. The van der Waals surface area contributed by atoms with Crippen LogP contribution in [-0.4, -0.2) is 24.3 Å². The molecule has 3 aromatic carbocycles. The van der Waals surface area contributed by atoms with Gasteiger partial charge in [-0.05, 0) is 47.9 Å². The summed E-state index contributed by atoms with van der Waals surface area (Å²) >= 11 is 7.68. The Morgan fingerprint density at radius 2 is 1.87 bits per heavy atom. The second kappa shape index (κ2) is 11.0. The summed E-state index contributed by atoms with van der Waals surface area (Å²) in [5, 5.41) is 2.40. The van der Waals surface area contributed by atoms with Gasteiger partial charge in [0, 0.05) is 10.6 Å². The van der Waals surface area contributed by atoms with Gasteiger partial charge in [-0.25, -0.2) is 9.79 Å². The molecule has 4 aromatic rings. The summed E-state index contributed by atoms with van der Waals surface area (Å²) in [5.41, 5.74) is 2.18. The predicted molar refractivity (Wildman–Crippen MR) is 152 cm³/mol. The zero-order chi connectivity index (χ0) is 26.8. The molecule has 0 fully saturated rings. The van der Waals surface area contributed by atoms with E-state index < -0.39 is 12.0 Å². The minimum Gasteiger partial charge on any atom is -0.496 e. The molecule has 1 aliphatic rings. The van der Waals surface area contributed by atoms with Crippen molar-refractivity contribution in [3.05, 3.63) is 108 Å². The van der Waals surface area contributed by atoms with Crippen LogP contribution in [-0.2, 0) is 9.53 Å². The zero-order valence-electron chi connectivity index (χ0n) is 21.4. The molecular weight excluding hydrogens is 520 g/mol. The Hall–Kier alpha value is -3.68.